The fraction of sp³-hybridized carbons (Fsp3) is 0.833. The summed E-state index contributed by atoms with van der Waals surface area (Å²) in [6.07, 6.45) is 1.60. The lowest BCUT2D eigenvalue weighted by molar-refractivity contribution is 0.213. The molecule has 2 N–H and O–H groups in total. The quantitative estimate of drug-likeness (QED) is 0.449. The van der Waals surface area contributed by atoms with E-state index in [1.807, 2.05) is 13.8 Å². The van der Waals surface area contributed by atoms with Gasteiger partial charge >= 0.3 is 0 Å². The third kappa shape index (κ3) is 3.97. The van der Waals surface area contributed by atoms with Crippen LogP contribution in [0.5, 0.6) is 0 Å². The molecule has 0 aromatic heterocycles. The zero-order valence-electron chi connectivity index (χ0n) is 6.16. The van der Waals surface area contributed by atoms with E-state index in [1.54, 1.807) is 6.21 Å². The monoisotopic (exact) mass is 130 g/mol. The second-order valence-corrected chi connectivity index (χ2v) is 2.26. The molecule has 3 nitrogen and oxygen atoms in total. The summed E-state index contributed by atoms with van der Waals surface area (Å²) in [5.74, 6) is 0.420. The van der Waals surface area contributed by atoms with E-state index >= 15 is 0 Å². The molecular weight excluding hydrogens is 116 g/mol. The summed E-state index contributed by atoms with van der Waals surface area (Å²) in [6.45, 7) is 4.07. The van der Waals surface area contributed by atoms with E-state index in [0.29, 0.717) is 5.92 Å². The molecule has 0 radical (unpaired) electrons. The zero-order valence-corrected chi connectivity index (χ0v) is 6.16. The van der Waals surface area contributed by atoms with Crippen molar-refractivity contribution >= 4 is 6.21 Å². The van der Waals surface area contributed by atoms with Crippen LogP contribution in [-0.4, -0.2) is 19.4 Å². The molecule has 0 aliphatic rings. The summed E-state index contributed by atoms with van der Waals surface area (Å²) >= 11 is 0. The molecule has 0 saturated carbocycles. The first-order valence-corrected chi connectivity index (χ1v) is 3.00. The van der Waals surface area contributed by atoms with Crippen LogP contribution in [0.3, 0.4) is 0 Å². The summed E-state index contributed by atoms with van der Waals surface area (Å²) in [5.41, 5.74) is 5.57. The molecule has 0 amide bonds. The minimum atomic E-state index is 0.00458. The van der Waals surface area contributed by atoms with Crippen molar-refractivity contribution in [3.63, 3.8) is 0 Å². The highest BCUT2D eigenvalue weighted by Gasteiger charge is 2.02. The van der Waals surface area contributed by atoms with Crippen molar-refractivity contribution in [2.75, 3.05) is 7.11 Å². The molecular formula is C6H14N2O. The first-order valence-electron chi connectivity index (χ1n) is 3.00. The largest absolute Gasteiger partial charge is 0.399 e. The average molecular weight is 130 g/mol. The normalized spacial score (nSPS) is 14.8. The van der Waals surface area contributed by atoms with Gasteiger partial charge in [0, 0.05) is 6.04 Å². The Labute approximate surface area is 55.9 Å². The molecule has 1 unspecified atom stereocenters. The van der Waals surface area contributed by atoms with Gasteiger partial charge in [0.15, 0.2) is 0 Å². The summed E-state index contributed by atoms with van der Waals surface area (Å²) in [5, 5.41) is 3.54. The molecule has 0 saturated heterocycles. The van der Waals surface area contributed by atoms with E-state index in [-0.39, 0.29) is 6.04 Å². The second-order valence-electron chi connectivity index (χ2n) is 2.26. The molecule has 1 atom stereocenters. The Balaban J connectivity index is 3.48. The summed E-state index contributed by atoms with van der Waals surface area (Å²) in [6, 6.07) is 0.00458. The second kappa shape index (κ2) is 4.32. The van der Waals surface area contributed by atoms with E-state index in [2.05, 4.69) is 9.99 Å². The van der Waals surface area contributed by atoms with Crippen molar-refractivity contribution in [1.29, 1.82) is 0 Å². The van der Waals surface area contributed by atoms with Crippen LogP contribution in [0.25, 0.3) is 0 Å². The van der Waals surface area contributed by atoms with Gasteiger partial charge in [-0.25, -0.2) is 0 Å². The molecule has 0 heterocycles. The molecule has 3 heteroatoms. The molecule has 0 bridgehead atoms. The SMILES string of the molecule is CON=CC(N)C(C)C. The first kappa shape index (κ1) is 8.43. The van der Waals surface area contributed by atoms with Crippen molar-refractivity contribution in [2.45, 2.75) is 19.9 Å². The lowest BCUT2D eigenvalue weighted by Crippen LogP contribution is -2.27. The van der Waals surface area contributed by atoms with Crippen LogP contribution in [0.1, 0.15) is 13.8 Å². The summed E-state index contributed by atoms with van der Waals surface area (Å²) < 4.78 is 0. The fourth-order valence-electron chi connectivity index (χ4n) is 0.303. The van der Waals surface area contributed by atoms with Gasteiger partial charge < -0.3 is 10.6 Å². The van der Waals surface area contributed by atoms with E-state index in [4.69, 9.17) is 5.73 Å². The zero-order chi connectivity index (χ0) is 7.28. The lowest BCUT2D eigenvalue weighted by atomic mass is 10.1. The Bertz CT molecular complexity index is 91.1. The number of nitrogens with two attached hydrogens (primary N) is 1. The van der Waals surface area contributed by atoms with Crippen molar-refractivity contribution in [3.8, 4) is 0 Å². The smallest absolute Gasteiger partial charge is 0.106 e. The molecule has 0 aromatic carbocycles. The highest BCUT2D eigenvalue weighted by molar-refractivity contribution is 5.63. The van der Waals surface area contributed by atoms with Crippen molar-refractivity contribution in [1.82, 2.24) is 0 Å². The lowest BCUT2D eigenvalue weighted by Gasteiger charge is -2.07. The predicted octanol–water partition coefficient (Wildman–Crippen LogP) is 0.602. The van der Waals surface area contributed by atoms with Crippen molar-refractivity contribution in [3.05, 3.63) is 0 Å². The Morgan fingerprint density at radius 3 is 2.44 bits per heavy atom. The maximum atomic E-state index is 5.57. The summed E-state index contributed by atoms with van der Waals surface area (Å²) in [4.78, 5) is 4.45. The molecule has 0 aromatic rings. The van der Waals surface area contributed by atoms with E-state index < -0.39 is 0 Å². The molecule has 0 aliphatic heterocycles. The van der Waals surface area contributed by atoms with Crippen LogP contribution < -0.4 is 5.73 Å². The van der Waals surface area contributed by atoms with Crippen LogP contribution in [-0.2, 0) is 4.84 Å². The fourth-order valence-corrected chi connectivity index (χ4v) is 0.303. The Hall–Kier alpha value is -0.570. The van der Waals surface area contributed by atoms with Gasteiger partial charge in [0.1, 0.15) is 7.11 Å². The predicted molar refractivity (Wildman–Crippen MR) is 38.3 cm³/mol. The van der Waals surface area contributed by atoms with Gasteiger partial charge in [-0.15, -0.1) is 0 Å². The standard InChI is InChI=1S/C6H14N2O/c1-5(2)6(7)4-8-9-3/h4-6H,7H2,1-3H3. The highest BCUT2D eigenvalue weighted by Crippen LogP contribution is 1.94. The topological polar surface area (TPSA) is 47.6 Å². The third-order valence-corrected chi connectivity index (χ3v) is 1.11. The van der Waals surface area contributed by atoms with Crippen molar-refractivity contribution in [2.24, 2.45) is 16.8 Å². The van der Waals surface area contributed by atoms with Gasteiger partial charge in [0.25, 0.3) is 0 Å². The van der Waals surface area contributed by atoms with Crippen molar-refractivity contribution < 1.29 is 4.84 Å². The molecule has 0 rings (SSSR count). The average Bonchev–Trinajstić information content (AvgIpc) is 1.82. The number of rotatable bonds is 3. The van der Waals surface area contributed by atoms with Crippen LogP contribution in [0.2, 0.25) is 0 Å². The maximum absolute atomic E-state index is 5.57. The van der Waals surface area contributed by atoms with Crippen LogP contribution in [0.4, 0.5) is 0 Å². The molecule has 0 aliphatic carbocycles. The third-order valence-electron chi connectivity index (χ3n) is 1.11. The van der Waals surface area contributed by atoms with Gasteiger partial charge in [-0.3, -0.25) is 0 Å². The Kier molecular flexibility index (Phi) is 4.05. The Morgan fingerprint density at radius 2 is 2.11 bits per heavy atom. The van der Waals surface area contributed by atoms with Gasteiger partial charge in [-0.1, -0.05) is 19.0 Å². The summed E-state index contributed by atoms with van der Waals surface area (Å²) in [7, 11) is 1.50. The number of hydrogen-bond acceptors (Lipinski definition) is 3. The van der Waals surface area contributed by atoms with Crippen LogP contribution in [0, 0.1) is 5.92 Å². The number of nitrogens with zero attached hydrogens (tertiary/aromatic N) is 1. The molecule has 9 heavy (non-hydrogen) atoms. The number of oxime groups is 1. The molecule has 0 spiro atoms. The minimum absolute atomic E-state index is 0.00458. The van der Waals surface area contributed by atoms with Gasteiger partial charge in [0.2, 0.25) is 0 Å². The van der Waals surface area contributed by atoms with E-state index in [0.717, 1.165) is 0 Å². The highest BCUT2D eigenvalue weighted by atomic mass is 16.6. The van der Waals surface area contributed by atoms with Crippen LogP contribution in [0.15, 0.2) is 5.16 Å². The van der Waals surface area contributed by atoms with E-state index in [9.17, 15) is 0 Å². The van der Waals surface area contributed by atoms with Gasteiger partial charge in [-0.2, -0.15) is 0 Å². The van der Waals surface area contributed by atoms with Gasteiger partial charge in [-0.05, 0) is 5.92 Å². The Morgan fingerprint density at radius 1 is 1.56 bits per heavy atom. The molecule has 0 fully saturated rings. The first-order chi connectivity index (χ1) is 4.18. The van der Waals surface area contributed by atoms with Crippen LogP contribution >= 0.6 is 0 Å². The maximum Gasteiger partial charge on any atom is 0.106 e. The number of hydrogen-bond donors (Lipinski definition) is 1. The minimum Gasteiger partial charge on any atom is -0.399 e. The van der Waals surface area contributed by atoms with E-state index in [1.165, 1.54) is 7.11 Å². The van der Waals surface area contributed by atoms with Gasteiger partial charge in [0.05, 0.1) is 6.21 Å². The molecule has 54 valence electrons.